The fourth-order valence-electron chi connectivity index (χ4n) is 3.67. The van der Waals surface area contributed by atoms with Crippen LogP contribution in [-0.4, -0.2) is 27.9 Å². The maximum atomic E-state index is 14.0. The Balaban J connectivity index is 1.99. The van der Waals surface area contributed by atoms with Crippen molar-refractivity contribution in [2.24, 2.45) is 5.92 Å². The molecule has 0 aliphatic heterocycles. The third-order valence-corrected chi connectivity index (χ3v) is 5.81. The number of hydrogen-bond acceptors (Lipinski definition) is 2. The Labute approximate surface area is 184 Å². The lowest BCUT2D eigenvalue weighted by molar-refractivity contribution is -0.135. The lowest BCUT2D eigenvalue weighted by Gasteiger charge is -2.35. The molecule has 31 heavy (non-hydrogen) atoms. The standard InChI is InChI=1S/C27H29NO3/c1-19(2)20(3)28(18-21-14-16-24(17-15-21)27(30)31)26(29)25(22-10-6-4-7-11-22)23-12-8-5-9-13-23/h4-17,19-20,25H,18H2,1-3H3,(H,30,31). The van der Waals surface area contributed by atoms with Gasteiger partial charge in [0.25, 0.3) is 0 Å². The second-order valence-electron chi connectivity index (χ2n) is 8.21. The Hall–Kier alpha value is -3.40. The van der Waals surface area contributed by atoms with Crippen LogP contribution in [0, 0.1) is 5.92 Å². The molecule has 160 valence electrons. The highest BCUT2D eigenvalue weighted by Crippen LogP contribution is 2.29. The van der Waals surface area contributed by atoms with E-state index in [-0.39, 0.29) is 23.4 Å². The summed E-state index contributed by atoms with van der Waals surface area (Å²) < 4.78 is 0. The number of hydrogen-bond donors (Lipinski definition) is 1. The van der Waals surface area contributed by atoms with E-state index in [1.54, 1.807) is 24.3 Å². The normalized spacial score (nSPS) is 12.0. The quantitative estimate of drug-likeness (QED) is 0.522. The molecule has 0 saturated carbocycles. The second kappa shape index (κ2) is 10.1. The molecule has 0 spiro atoms. The van der Waals surface area contributed by atoms with Gasteiger partial charge in [-0.1, -0.05) is 86.6 Å². The van der Waals surface area contributed by atoms with Crippen LogP contribution in [0.3, 0.4) is 0 Å². The molecule has 0 fully saturated rings. The number of carboxylic acids is 1. The molecule has 4 heteroatoms. The molecular weight excluding hydrogens is 386 g/mol. The molecule has 1 unspecified atom stereocenters. The summed E-state index contributed by atoms with van der Waals surface area (Å²) in [7, 11) is 0. The van der Waals surface area contributed by atoms with Gasteiger partial charge in [-0.25, -0.2) is 4.79 Å². The number of rotatable bonds is 8. The van der Waals surface area contributed by atoms with Gasteiger partial charge in [-0.3, -0.25) is 4.79 Å². The van der Waals surface area contributed by atoms with Gasteiger partial charge in [-0.2, -0.15) is 0 Å². The number of benzene rings is 3. The van der Waals surface area contributed by atoms with E-state index in [9.17, 15) is 9.59 Å². The van der Waals surface area contributed by atoms with Gasteiger partial charge in [-0.15, -0.1) is 0 Å². The Kier molecular flexibility index (Phi) is 7.24. The first-order valence-electron chi connectivity index (χ1n) is 10.6. The van der Waals surface area contributed by atoms with E-state index in [2.05, 4.69) is 20.8 Å². The van der Waals surface area contributed by atoms with Crippen molar-refractivity contribution in [3.8, 4) is 0 Å². The van der Waals surface area contributed by atoms with E-state index in [4.69, 9.17) is 5.11 Å². The van der Waals surface area contributed by atoms with Gasteiger partial charge in [0.1, 0.15) is 0 Å². The van der Waals surface area contributed by atoms with Crippen LogP contribution >= 0.6 is 0 Å². The van der Waals surface area contributed by atoms with E-state index in [0.717, 1.165) is 16.7 Å². The van der Waals surface area contributed by atoms with Crippen LogP contribution in [0.2, 0.25) is 0 Å². The molecule has 1 N–H and O–H groups in total. The van der Waals surface area contributed by atoms with Gasteiger partial charge < -0.3 is 10.0 Å². The molecule has 0 bridgehead atoms. The monoisotopic (exact) mass is 415 g/mol. The van der Waals surface area contributed by atoms with E-state index in [0.29, 0.717) is 6.54 Å². The number of aromatic carboxylic acids is 1. The summed E-state index contributed by atoms with van der Waals surface area (Å²) in [5.41, 5.74) is 3.07. The highest BCUT2D eigenvalue weighted by molar-refractivity contribution is 5.88. The maximum absolute atomic E-state index is 14.0. The largest absolute Gasteiger partial charge is 0.478 e. The third-order valence-electron chi connectivity index (χ3n) is 5.81. The lowest BCUT2D eigenvalue weighted by atomic mass is 9.88. The van der Waals surface area contributed by atoms with Gasteiger partial charge in [0.15, 0.2) is 0 Å². The van der Waals surface area contributed by atoms with Crippen LogP contribution in [-0.2, 0) is 11.3 Å². The zero-order valence-corrected chi connectivity index (χ0v) is 18.2. The van der Waals surface area contributed by atoms with Crippen molar-refractivity contribution in [2.75, 3.05) is 0 Å². The molecule has 0 aliphatic carbocycles. The minimum Gasteiger partial charge on any atom is -0.478 e. The van der Waals surface area contributed by atoms with Crippen LogP contribution in [0.25, 0.3) is 0 Å². The molecule has 3 aromatic rings. The van der Waals surface area contributed by atoms with E-state index < -0.39 is 11.9 Å². The number of carbonyl (C=O) groups excluding carboxylic acids is 1. The van der Waals surface area contributed by atoms with Gasteiger partial charge >= 0.3 is 5.97 Å². The first-order valence-corrected chi connectivity index (χ1v) is 10.6. The zero-order chi connectivity index (χ0) is 22.4. The van der Waals surface area contributed by atoms with Crippen molar-refractivity contribution in [3.63, 3.8) is 0 Å². The Morgan fingerprint density at radius 2 is 1.26 bits per heavy atom. The van der Waals surface area contributed by atoms with E-state index in [1.165, 1.54) is 0 Å². The minimum atomic E-state index is -0.955. The first-order chi connectivity index (χ1) is 14.9. The Morgan fingerprint density at radius 3 is 1.68 bits per heavy atom. The number of nitrogens with zero attached hydrogens (tertiary/aromatic N) is 1. The zero-order valence-electron chi connectivity index (χ0n) is 18.2. The van der Waals surface area contributed by atoms with Crippen molar-refractivity contribution in [1.82, 2.24) is 4.90 Å². The van der Waals surface area contributed by atoms with E-state index in [1.807, 2.05) is 65.6 Å². The molecule has 1 atom stereocenters. The summed E-state index contributed by atoms with van der Waals surface area (Å²) in [6, 6.07) is 26.5. The topological polar surface area (TPSA) is 57.6 Å². The molecule has 3 aromatic carbocycles. The highest BCUT2D eigenvalue weighted by Gasteiger charge is 2.31. The molecule has 0 radical (unpaired) electrons. The Bertz CT molecular complexity index is 958. The lowest BCUT2D eigenvalue weighted by Crippen LogP contribution is -2.43. The SMILES string of the molecule is CC(C)C(C)N(Cc1ccc(C(=O)O)cc1)C(=O)C(c1ccccc1)c1ccccc1. The number of carbonyl (C=O) groups is 2. The number of carboxylic acid groups (broad SMARTS) is 1. The predicted octanol–water partition coefficient (Wildman–Crippen LogP) is 5.59. The molecule has 4 nitrogen and oxygen atoms in total. The minimum absolute atomic E-state index is 0.0153. The highest BCUT2D eigenvalue weighted by atomic mass is 16.4. The third kappa shape index (κ3) is 5.40. The fourth-order valence-corrected chi connectivity index (χ4v) is 3.67. The molecule has 3 rings (SSSR count). The van der Waals surface area contributed by atoms with Gasteiger partial charge in [0.05, 0.1) is 11.5 Å². The molecule has 0 aliphatic rings. The molecule has 1 amide bonds. The van der Waals surface area contributed by atoms with Crippen LogP contribution in [0.5, 0.6) is 0 Å². The van der Waals surface area contributed by atoms with E-state index >= 15 is 0 Å². The van der Waals surface area contributed by atoms with Gasteiger partial charge in [0.2, 0.25) is 5.91 Å². The van der Waals surface area contributed by atoms with Crippen molar-refractivity contribution in [3.05, 3.63) is 107 Å². The summed E-state index contributed by atoms with van der Waals surface area (Å²) in [5.74, 6) is -1.04. The summed E-state index contributed by atoms with van der Waals surface area (Å²) in [5, 5.41) is 9.17. The average Bonchev–Trinajstić information content (AvgIpc) is 2.78. The molecule has 0 saturated heterocycles. The number of amides is 1. The summed E-state index contributed by atoms with van der Waals surface area (Å²) in [6.07, 6.45) is 0. The second-order valence-corrected chi connectivity index (χ2v) is 8.21. The summed E-state index contributed by atoms with van der Waals surface area (Å²) >= 11 is 0. The predicted molar refractivity (Wildman–Crippen MR) is 123 cm³/mol. The van der Waals surface area contributed by atoms with Crippen LogP contribution < -0.4 is 0 Å². The van der Waals surface area contributed by atoms with Crippen molar-refractivity contribution in [1.29, 1.82) is 0 Å². The molecule has 0 aromatic heterocycles. The average molecular weight is 416 g/mol. The first kappa shape index (κ1) is 22.3. The van der Waals surface area contributed by atoms with Crippen molar-refractivity contribution in [2.45, 2.75) is 39.3 Å². The summed E-state index contributed by atoms with van der Waals surface area (Å²) in [6.45, 7) is 6.71. The van der Waals surface area contributed by atoms with Gasteiger partial charge in [-0.05, 0) is 41.7 Å². The summed E-state index contributed by atoms with van der Waals surface area (Å²) in [4.78, 5) is 27.1. The molecular formula is C27H29NO3. The maximum Gasteiger partial charge on any atom is 0.335 e. The van der Waals surface area contributed by atoms with Crippen LogP contribution in [0.15, 0.2) is 84.9 Å². The van der Waals surface area contributed by atoms with Crippen molar-refractivity contribution >= 4 is 11.9 Å². The van der Waals surface area contributed by atoms with Crippen LogP contribution in [0.4, 0.5) is 0 Å². The Morgan fingerprint density at radius 1 is 0.774 bits per heavy atom. The van der Waals surface area contributed by atoms with Crippen molar-refractivity contribution < 1.29 is 14.7 Å². The fraction of sp³-hybridized carbons (Fsp3) is 0.259. The van der Waals surface area contributed by atoms with Gasteiger partial charge in [0, 0.05) is 12.6 Å². The van der Waals surface area contributed by atoms with Crippen LogP contribution in [0.1, 0.15) is 53.7 Å². The smallest absolute Gasteiger partial charge is 0.335 e. The molecule has 0 heterocycles.